The number of alkyl halides is 1. The molecule has 0 aliphatic rings. The van der Waals surface area contributed by atoms with Crippen molar-refractivity contribution in [1.82, 2.24) is 0 Å². The number of halogens is 1. The molecule has 0 nitrogen and oxygen atoms in total. The summed E-state index contributed by atoms with van der Waals surface area (Å²) in [7, 11) is 0. The molecule has 0 amide bonds. The highest BCUT2D eigenvalue weighted by Crippen LogP contribution is 2.21. The molecule has 0 saturated heterocycles. The van der Waals surface area contributed by atoms with E-state index in [2.05, 4.69) is 71.4 Å². The second-order valence-corrected chi connectivity index (χ2v) is 4.25. The number of hydrogen-bond donors (Lipinski definition) is 0. The van der Waals surface area contributed by atoms with E-state index in [0.29, 0.717) is 0 Å². The molecule has 0 aliphatic carbocycles. The second kappa shape index (κ2) is 4.63. The van der Waals surface area contributed by atoms with E-state index < -0.39 is 0 Å². The van der Waals surface area contributed by atoms with Gasteiger partial charge in [-0.25, -0.2) is 0 Å². The zero-order valence-electron chi connectivity index (χ0n) is 8.70. The van der Waals surface area contributed by atoms with Gasteiger partial charge in [0.1, 0.15) is 0 Å². The molecule has 0 aliphatic heterocycles. The Morgan fingerprint density at radius 2 is 1.87 bits per heavy atom. The van der Waals surface area contributed by atoms with E-state index in [1.54, 1.807) is 0 Å². The van der Waals surface area contributed by atoms with E-state index in [4.69, 9.17) is 0 Å². The summed E-state index contributed by atoms with van der Waals surface area (Å²) in [5.41, 5.74) is 2.64. The minimum absolute atomic E-state index is 0.927. The fourth-order valence-corrected chi connectivity index (χ4v) is 1.84. The summed E-state index contributed by atoms with van der Waals surface area (Å²) < 4.78 is 0. The fourth-order valence-electron chi connectivity index (χ4n) is 1.68. The summed E-state index contributed by atoms with van der Waals surface area (Å²) in [4.78, 5) is 0. The molecule has 0 bridgehead atoms. The van der Waals surface area contributed by atoms with Gasteiger partial charge in [0.15, 0.2) is 0 Å². The highest BCUT2D eigenvalue weighted by Gasteiger charge is 1.97. The van der Waals surface area contributed by atoms with Gasteiger partial charge in [0.25, 0.3) is 0 Å². The Hall–Kier alpha value is -1.08. The Balaban J connectivity index is 2.61. The Morgan fingerprint density at radius 1 is 1.13 bits per heavy atom. The van der Waals surface area contributed by atoms with Crippen molar-refractivity contribution in [2.24, 2.45) is 0 Å². The zero-order valence-corrected chi connectivity index (χ0v) is 10.3. The van der Waals surface area contributed by atoms with Crippen LogP contribution in [0.4, 0.5) is 0 Å². The summed E-state index contributed by atoms with van der Waals surface area (Å²) in [6, 6.07) is 14.9. The van der Waals surface area contributed by atoms with Gasteiger partial charge in [-0.2, -0.15) is 0 Å². The molecule has 0 spiro atoms. The van der Waals surface area contributed by atoms with Crippen molar-refractivity contribution in [2.75, 3.05) is 5.33 Å². The molecule has 0 saturated carbocycles. The smallest absolute Gasteiger partial charge is 0.0242 e. The van der Waals surface area contributed by atoms with Gasteiger partial charge < -0.3 is 0 Å². The molecule has 1 heteroatoms. The Labute approximate surface area is 98.8 Å². The molecule has 0 atom stereocenters. The first-order chi connectivity index (χ1) is 7.31. The van der Waals surface area contributed by atoms with Crippen LogP contribution in [0.3, 0.4) is 0 Å². The Bertz CT molecular complexity index is 492. The van der Waals surface area contributed by atoms with Crippen LogP contribution >= 0.6 is 15.9 Å². The van der Waals surface area contributed by atoms with E-state index in [0.717, 1.165) is 5.33 Å². The number of benzene rings is 2. The Morgan fingerprint density at radius 3 is 2.67 bits per heavy atom. The minimum Gasteiger partial charge on any atom is -0.0880 e. The maximum Gasteiger partial charge on any atom is 0.0242 e. The lowest BCUT2D eigenvalue weighted by atomic mass is 10.0. The van der Waals surface area contributed by atoms with Crippen molar-refractivity contribution in [3.05, 3.63) is 53.6 Å². The van der Waals surface area contributed by atoms with Gasteiger partial charge in [-0.15, -0.1) is 0 Å². The standard InChI is InChI=1S/C14H13Br/c1-11(10-15)9-13-7-4-6-12-5-2-3-8-14(12)13/h2-9H,10H2,1H3. The first kappa shape index (κ1) is 10.4. The molecule has 76 valence electrons. The average Bonchev–Trinajstić information content (AvgIpc) is 2.29. The Kier molecular flexibility index (Phi) is 3.22. The van der Waals surface area contributed by atoms with Gasteiger partial charge in [-0.3, -0.25) is 0 Å². The SMILES string of the molecule is CC(=Cc1cccc2ccccc12)CBr. The first-order valence-corrected chi connectivity index (χ1v) is 6.14. The van der Waals surface area contributed by atoms with Crippen molar-refractivity contribution in [2.45, 2.75) is 6.92 Å². The van der Waals surface area contributed by atoms with Crippen LogP contribution in [0.15, 0.2) is 48.0 Å². The molecule has 0 radical (unpaired) electrons. The van der Waals surface area contributed by atoms with Gasteiger partial charge in [-0.1, -0.05) is 70.0 Å². The number of hydrogen-bond acceptors (Lipinski definition) is 0. The van der Waals surface area contributed by atoms with Crippen molar-refractivity contribution in [3.8, 4) is 0 Å². The molecule has 0 N–H and O–H groups in total. The van der Waals surface area contributed by atoms with E-state index in [-0.39, 0.29) is 0 Å². The molecular formula is C14H13Br. The molecule has 0 heterocycles. The number of fused-ring (bicyclic) bond motifs is 1. The highest BCUT2D eigenvalue weighted by atomic mass is 79.9. The normalized spacial score (nSPS) is 12.0. The van der Waals surface area contributed by atoms with Crippen molar-refractivity contribution in [3.63, 3.8) is 0 Å². The summed E-state index contributed by atoms with van der Waals surface area (Å²) >= 11 is 3.47. The van der Waals surface area contributed by atoms with Crippen molar-refractivity contribution >= 4 is 32.8 Å². The van der Waals surface area contributed by atoms with E-state index in [1.807, 2.05) is 0 Å². The van der Waals surface area contributed by atoms with Crippen LogP contribution in [-0.2, 0) is 0 Å². The van der Waals surface area contributed by atoms with Gasteiger partial charge in [0.05, 0.1) is 0 Å². The summed E-state index contributed by atoms with van der Waals surface area (Å²) in [5.74, 6) is 0. The predicted octanol–water partition coefficient (Wildman–Crippen LogP) is 4.64. The molecule has 0 unspecified atom stereocenters. The highest BCUT2D eigenvalue weighted by molar-refractivity contribution is 9.09. The van der Waals surface area contributed by atoms with E-state index in [9.17, 15) is 0 Å². The van der Waals surface area contributed by atoms with Crippen LogP contribution < -0.4 is 0 Å². The third-order valence-electron chi connectivity index (χ3n) is 2.44. The topological polar surface area (TPSA) is 0 Å². The van der Waals surface area contributed by atoms with Crippen LogP contribution in [0.5, 0.6) is 0 Å². The van der Waals surface area contributed by atoms with Crippen molar-refractivity contribution in [1.29, 1.82) is 0 Å². The number of rotatable bonds is 2. The largest absolute Gasteiger partial charge is 0.0880 e. The van der Waals surface area contributed by atoms with Gasteiger partial charge >= 0.3 is 0 Å². The molecule has 0 aromatic heterocycles. The second-order valence-electron chi connectivity index (χ2n) is 3.69. The monoisotopic (exact) mass is 260 g/mol. The molecule has 15 heavy (non-hydrogen) atoms. The predicted molar refractivity (Wildman–Crippen MR) is 71.4 cm³/mol. The zero-order chi connectivity index (χ0) is 10.7. The lowest BCUT2D eigenvalue weighted by Gasteiger charge is -2.02. The molecule has 0 fully saturated rings. The third kappa shape index (κ3) is 2.29. The summed E-state index contributed by atoms with van der Waals surface area (Å²) in [5, 5.41) is 3.55. The minimum atomic E-state index is 0.927. The summed E-state index contributed by atoms with van der Waals surface area (Å²) in [6.45, 7) is 2.14. The van der Waals surface area contributed by atoms with E-state index >= 15 is 0 Å². The van der Waals surface area contributed by atoms with Crippen LogP contribution in [-0.4, -0.2) is 5.33 Å². The average molecular weight is 261 g/mol. The van der Waals surface area contributed by atoms with Gasteiger partial charge in [0, 0.05) is 5.33 Å². The van der Waals surface area contributed by atoms with Crippen LogP contribution in [0, 0.1) is 0 Å². The quantitative estimate of drug-likeness (QED) is 0.691. The molecular weight excluding hydrogens is 248 g/mol. The maximum absolute atomic E-state index is 3.47. The van der Waals surface area contributed by atoms with Crippen LogP contribution in [0.1, 0.15) is 12.5 Å². The first-order valence-electron chi connectivity index (χ1n) is 5.02. The molecule has 2 aromatic rings. The number of allylic oxidation sites excluding steroid dienone is 1. The van der Waals surface area contributed by atoms with Crippen molar-refractivity contribution < 1.29 is 0 Å². The van der Waals surface area contributed by atoms with Crippen LogP contribution in [0.25, 0.3) is 16.8 Å². The lowest BCUT2D eigenvalue weighted by molar-refractivity contribution is 1.46. The third-order valence-corrected chi connectivity index (χ3v) is 3.32. The van der Waals surface area contributed by atoms with Gasteiger partial charge in [0.2, 0.25) is 0 Å². The fraction of sp³-hybridized carbons (Fsp3) is 0.143. The molecule has 2 rings (SSSR count). The lowest BCUT2D eigenvalue weighted by Crippen LogP contribution is -1.80. The van der Waals surface area contributed by atoms with Crippen LogP contribution in [0.2, 0.25) is 0 Å². The molecule has 2 aromatic carbocycles. The van der Waals surface area contributed by atoms with E-state index in [1.165, 1.54) is 21.9 Å². The maximum atomic E-state index is 3.47. The van der Waals surface area contributed by atoms with Gasteiger partial charge in [-0.05, 0) is 23.3 Å². The summed E-state index contributed by atoms with van der Waals surface area (Å²) in [6.07, 6.45) is 2.23.